The fourth-order valence-corrected chi connectivity index (χ4v) is 2.54. The molecular weight excluding hydrogens is 303 g/mol. The first-order valence-electron chi connectivity index (χ1n) is 7.75. The Morgan fingerprint density at radius 2 is 2.08 bits per heavy atom. The number of rotatable bonds is 6. The van der Waals surface area contributed by atoms with Crippen LogP contribution in [0.1, 0.15) is 37.4 Å². The lowest BCUT2D eigenvalue weighted by Gasteiger charge is -2.16. The molecule has 1 aromatic carbocycles. The molecule has 1 aliphatic rings. The lowest BCUT2D eigenvalue weighted by Crippen LogP contribution is -2.10. The Morgan fingerprint density at radius 3 is 2.67 bits per heavy atom. The molecule has 1 heterocycles. The lowest BCUT2D eigenvalue weighted by molar-refractivity contribution is 0.651. The van der Waals surface area contributed by atoms with Crippen molar-refractivity contribution in [1.82, 2.24) is 0 Å². The second-order valence-electron chi connectivity index (χ2n) is 5.73. The summed E-state index contributed by atoms with van der Waals surface area (Å²) >= 11 is 0. The van der Waals surface area contributed by atoms with E-state index in [0.29, 0.717) is 11.3 Å². The highest BCUT2D eigenvalue weighted by molar-refractivity contribution is 5.93. The zero-order chi connectivity index (χ0) is 17.9. The van der Waals surface area contributed by atoms with E-state index in [1.54, 1.807) is 0 Å². The van der Waals surface area contributed by atoms with Crippen molar-refractivity contribution in [2.45, 2.75) is 26.3 Å². The minimum Gasteiger partial charge on any atom is -0.400 e. The van der Waals surface area contributed by atoms with Crippen LogP contribution in [0.15, 0.2) is 70.9 Å². The molecule has 126 valence electrons. The molecule has 0 bridgehead atoms. The first-order valence-corrected chi connectivity index (χ1v) is 7.75. The molecule has 0 radical (unpaired) electrons. The average molecular weight is 326 g/mol. The Morgan fingerprint density at radius 1 is 1.38 bits per heavy atom. The van der Waals surface area contributed by atoms with Crippen molar-refractivity contribution in [1.29, 1.82) is 0 Å². The summed E-state index contributed by atoms with van der Waals surface area (Å²) in [5, 5.41) is 3.19. The molecule has 1 aliphatic heterocycles. The van der Waals surface area contributed by atoms with Crippen LogP contribution in [0, 0.1) is 0 Å². The van der Waals surface area contributed by atoms with Gasteiger partial charge in [0.05, 0.1) is 6.04 Å². The number of halogens is 1. The number of aliphatic imine (C=N–C) groups is 1. The van der Waals surface area contributed by atoms with Crippen LogP contribution in [0.25, 0.3) is 0 Å². The van der Waals surface area contributed by atoms with Crippen molar-refractivity contribution in [3.63, 3.8) is 0 Å². The Bertz CT molecular complexity index is 768. The molecule has 0 spiro atoms. The molecule has 0 aromatic heterocycles. The molecule has 0 saturated carbocycles. The second kappa shape index (κ2) is 7.17. The maximum absolute atomic E-state index is 13.8. The minimum absolute atomic E-state index is 0.0695. The number of nitrogens with two attached hydrogens (primary N) is 2. The van der Waals surface area contributed by atoms with E-state index in [9.17, 15) is 4.39 Å². The standard InChI is InChI=1S/C19H23FN4/c1-5-18-14-7-6-8-19(16(14)10-23-18)24-13(4)15(11(2)21)9-17(20)12(3)22/h6-10,18,24H,2,4-5,21-22H2,1,3H3/b15-9-,17-12-. The predicted octanol–water partition coefficient (Wildman–Crippen LogP) is 4.05. The molecule has 0 saturated heterocycles. The van der Waals surface area contributed by atoms with E-state index in [0.717, 1.165) is 23.2 Å². The molecule has 4 nitrogen and oxygen atoms in total. The highest BCUT2D eigenvalue weighted by Gasteiger charge is 2.20. The Balaban J connectivity index is 2.33. The number of fused-ring (bicyclic) bond motifs is 1. The molecule has 1 unspecified atom stereocenters. The summed E-state index contributed by atoms with van der Waals surface area (Å²) in [6.07, 6.45) is 4.02. The van der Waals surface area contributed by atoms with Crippen LogP contribution in [0.2, 0.25) is 0 Å². The van der Waals surface area contributed by atoms with Gasteiger partial charge in [-0.2, -0.15) is 0 Å². The van der Waals surface area contributed by atoms with Crippen molar-refractivity contribution in [3.05, 3.63) is 77.1 Å². The van der Waals surface area contributed by atoms with Gasteiger partial charge in [-0.1, -0.05) is 32.2 Å². The van der Waals surface area contributed by atoms with Gasteiger partial charge < -0.3 is 16.8 Å². The third-order valence-corrected chi connectivity index (χ3v) is 3.87. The van der Waals surface area contributed by atoms with Gasteiger partial charge in [0, 0.05) is 40.1 Å². The SMILES string of the molecule is C=C(N)/C(=C/C(F)=C(\C)N)C(=C)Nc1cccc2c1C=NC2CC. The Kier molecular flexibility index (Phi) is 5.24. The highest BCUT2D eigenvalue weighted by Crippen LogP contribution is 2.34. The smallest absolute Gasteiger partial charge is 0.142 e. The normalized spacial score (nSPS) is 17.3. The van der Waals surface area contributed by atoms with Gasteiger partial charge in [-0.15, -0.1) is 0 Å². The van der Waals surface area contributed by atoms with Gasteiger partial charge in [0.25, 0.3) is 0 Å². The van der Waals surface area contributed by atoms with Crippen LogP contribution in [-0.4, -0.2) is 6.21 Å². The molecule has 0 fully saturated rings. The Labute approximate surface area is 142 Å². The molecule has 5 heteroatoms. The molecule has 1 aromatic rings. The molecule has 0 amide bonds. The van der Waals surface area contributed by atoms with Gasteiger partial charge in [0.15, 0.2) is 0 Å². The largest absolute Gasteiger partial charge is 0.400 e. The number of benzene rings is 1. The lowest BCUT2D eigenvalue weighted by atomic mass is 10.0. The van der Waals surface area contributed by atoms with Gasteiger partial charge >= 0.3 is 0 Å². The fraction of sp³-hybridized carbons (Fsp3) is 0.211. The van der Waals surface area contributed by atoms with Crippen molar-refractivity contribution in [2.24, 2.45) is 16.5 Å². The quantitative estimate of drug-likeness (QED) is 0.690. The number of nitrogens with one attached hydrogen (secondary N) is 1. The van der Waals surface area contributed by atoms with Crippen molar-refractivity contribution < 1.29 is 4.39 Å². The zero-order valence-corrected chi connectivity index (χ0v) is 14.1. The number of hydrogen-bond donors (Lipinski definition) is 3. The predicted molar refractivity (Wildman–Crippen MR) is 99.2 cm³/mol. The zero-order valence-electron chi connectivity index (χ0n) is 14.1. The second-order valence-corrected chi connectivity index (χ2v) is 5.73. The first kappa shape index (κ1) is 17.5. The van der Waals surface area contributed by atoms with Gasteiger partial charge in [-0.3, -0.25) is 4.99 Å². The molecule has 1 atom stereocenters. The average Bonchev–Trinajstić information content (AvgIpc) is 2.95. The number of nitrogens with zero attached hydrogens (tertiary/aromatic N) is 1. The van der Waals surface area contributed by atoms with Gasteiger partial charge in [0.2, 0.25) is 0 Å². The van der Waals surface area contributed by atoms with Crippen LogP contribution < -0.4 is 16.8 Å². The van der Waals surface area contributed by atoms with Crippen LogP contribution in [0.3, 0.4) is 0 Å². The van der Waals surface area contributed by atoms with E-state index >= 15 is 0 Å². The monoisotopic (exact) mass is 326 g/mol. The van der Waals surface area contributed by atoms with Gasteiger partial charge in [-0.25, -0.2) is 4.39 Å². The topological polar surface area (TPSA) is 76.4 Å². The van der Waals surface area contributed by atoms with Gasteiger partial charge in [0.1, 0.15) is 5.83 Å². The van der Waals surface area contributed by atoms with Crippen molar-refractivity contribution >= 4 is 11.9 Å². The van der Waals surface area contributed by atoms with Crippen molar-refractivity contribution in [2.75, 3.05) is 5.32 Å². The number of allylic oxidation sites excluding steroid dienone is 3. The summed E-state index contributed by atoms with van der Waals surface area (Å²) in [5.41, 5.74) is 15.4. The van der Waals surface area contributed by atoms with E-state index < -0.39 is 5.83 Å². The Hall–Kier alpha value is -2.82. The molecule has 5 N–H and O–H groups in total. The van der Waals surface area contributed by atoms with E-state index in [1.807, 2.05) is 18.3 Å². The van der Waals surface area contributed by atoms with E-state index in [-0.39, 0.29) is 17.4 Å². The fourth-order valence-electron chi connectivity index (χ4n) is 2.54. The minimum atomic E-state index is -0.564. The summed E-state index contributed by atoms with van der Waals surface area (Å²) in [6, 6.07) is 6.11. The highest BCUT2D eigenvalue weighted by atomic mass is 19.1. The van der Waals surface area contributed by atoms with Crippen LogP contribution in [0.4, 0.5) is 10.1 Å². The van der Waals surface area contributed by atoms with Crippen LogP contribution in [0.5, 0.6) is 0 Å². The molecular formula is C19H23FN4. The third kappa shape index (κ3) is 3.56. The van der Waals surface area contributed by atoms with Gasteiger partial charge in [-0.05, 0) is 31.1 Å². The number of anilines is 1. The summed E-state index contributed by atoms with van der Waals surface area (Å²) in [7, 11) is 0. The summed E-state index contributed by atoms with van der Waals surface area (Å²) in [5.74, 6) is -0.564. The van der Waals surface area contributed by atoms with E-state index in [2.05, 4.69) is 36.5 Å². The summed E-state index contributed by atoms with van der Waals surface area (Å²) in [4.78, 5) is 4.51. The number of hydrogen-bond acceptors (Lipinski definition) is 4. The molecule has 2 rings (SSSR count). The maximum atomic E-state index is 13.8. The maximum Gasteiger partial charge on any atom is 0.142 e. The third-order valence-electron chi connectivity index (χ3n) is 3.87. The van der Waals surface area contributed by atoms with E-state index in [4.69, 9.17) is 11.5 Å². The molecule has 24 heavy (non-hydrogen) atoms. The van der Waals surface area contributed by atoms with Crippen LogP contribution >= 0.6 is 0 Å². The van der Waals surface area contributed by atoms with Crippen LogP contribution in [-0.2, 0) is 0 Å². The first-order chi connectivity index (χ1) is 11.3. The van der Waals surface area contributed by atoms with E-state index in [1.165, 1.54) is 13.0 Å². The van der Waals surface area contributed by atoms with Crippen molar-refractivity contribution in [3.8, 4) is 0 Å². The summed E-state index contributed by atoms with van der Waals surface area (Å²) < 4.78 is 13.8. The summed E-state index contributed by atoms with van der Waals surface area (Å²) in [6.45, 7) is 11.2. The molecule has 0 aliphatic carbocycles.